The molecule has 0 aliphatic heterocycles. The second-order valence-corrected chi connectivity index (χ2v) is 4.57. The van der Waals surface area contributed by atoms with E-state index in [9.17, 15) is 9.59 Å². The Morgan fingerprint density at radius 2 is 2.17 bits per heavy atom. The molecule has 2 rings (SSSR count). The Kier molecular flexibility index (Phi) is 3.96. The van der Waals surface area contributed by atoms with Crippen molar-refractivity contribution in [1.29, 1.82) is 0 Å². The minimum atomic E-state index is -0.297. The Bertz CT molecular complexity index is 436. The summed E-state index contributed by atoms with van der Waals surface area (Å²) in [6.45, 7) is 1.71. The molecule has 1 heterocycles. The molecule has 0 bridgehead atoms. The number of nitrogens with one attached hydrogen (secondary N) is 2. The summed E-state index contributed by atoms with van der Waals surface area (Å²) in [7, 11) is 0. The van der Waals surface area contributed by atoms with Gasteiger partial charge in [-0.3, -0.25) is 9.59 Å². The van der Waals surface area contributed by atoms with Crippen LogP contribution in [0.1, 0.15) is 31.4 Å². The van der Waals surface area contributed by atoms with Crippen LogP contribution >= 0.6 is 0 Å². The molecule has 0 spiro atoms. The molecule has 1 aliphatic carbocycles. The highest BCUT2D eigenvalue weighted by Gasteiger charge is 2.22. The molecule has 0 unspecified atom stereocenters. The number of rotatable bonds is 4. The summed E-state index contributed by atoms with van der Waals surface area (Å²) in [5.74, 6) is 0.744. The predicted octanol–water partition coefficient (Wildman–Crippen LogP) is 1.23. The molecular weight excluding hydrogens is 234 g/mol. The fourth-order valence-corrected chi connectivity index (χ4v) is 2.11. The molecule has 0 radical (unpaired) electrons. The van der Waals surface area contributed by atoms with Gasteiger partial charge in [-0.25, -0.2) is 0 Å². The van der Waals surface area contributed by atoms with Crippen molar-refractivity contribution < 1.29 is 14.1 Å². The van der Waals surface area contributed by atoms with E-state index in [1.807, 2.05) is 0 Å². The van der Waals surface area contributed by atoms with Crippen molar-refractivity contribution in [2.24, 2.45) is 5.92 Å². The molecule has 0 aromatic carbocycles. The van der Waals surface area contributed by atoms with Gasteiger partial charge >= 0.3 is 0 Å². The van der Waals surface area contributed by atoms with Crippen molar-refractivity contribution in [3.63, 3.8) is 0 Å². The molecule has 6 nitrogen and oxygen atoms in total. The number of carbonyl (C=O) groups excluding carboxylic acids is 2. The smallest absolute Gasteiger partial charge is 0.245 e. The van der Waals surface area contributed by atoms with Crippen LogP contribution in [-0.2, 0) is 9.59 Å². The van der Waals surface area contributed by atoms with E-state index in [1.54, 1.807) is 13.0 Å². The summed E-state index contributed by atoms with van der Waals surface area (Å²) < 4.78 is 4.82. The van der Waals surface area contributed by atoms with Gasteiger partial charge in [0.2, 0.25) is 11.8 Å². The molecule has 0 saturated heterocycles. The topological polar surface area (TPSA) is 84.2 Å². The Morgan fingerprint density at radius 1 is 1.44 bits per heavy atom. The third-order valence-corrected chi connectivity index (χ3v) is 3.04. The summed E-state index contributed by atoms with van der Waals surface area (Å²) in [6, 6.07) is 1.62. The van der Waals surface area contributed by atoms with Crippen molar-refractivity contribution in [2.45, 2.75) is 32.6 Å². The first-order valence-corrected chi connectivity index (χ1v) is 6.16. The van der Waals surface area contributed by atoms with Gasteiger partial charge in [-0.2, -0.15) is 0 Å². The monoisotopic (exact) mass is 251 g/mol. The van der Waals surface area contributed by atoms with Crippen LogP contribution in [0.4, 0.5) is 5.82 Å². The molecular formula is C12H17N3O3. The zero-order chi connectivity index (χ0) is 13.0. The summed E-state index contributed by atoms with van der Waals surface area (Å²) in [5, 5.41) is 8.83. The maximum atomic E-state index is 11.7. The quantitative estimate of drug-likeness (QED) is 0.842. The molecule has 98 valence electrons. The van der Waals surface area contributed by atoms with Crippen LogP contribution in [0, 0.1) is 12.8 Å². The Hall–Kier alpha value is -1.85. The third-order valence-electron chi connectivity index (χ3n) is 3.04. The second kappa shape index (κ2) is 5.66. The van der Waals surface area contributed by atoms with Gasteiger partial charge in [0.05, 0.1) is 6.54 Å². The molecule has 1 aromatic heterocycles. The summed E-state index contributed by atoms with van der Waals surface area (Å²) in [5.41, 5.74) is 0. The number of hydrogen-bond acceptors (Lipinski definition) is 4. The summed E-state index contributed by atoms with van der Waals surface area (Å²) in [6.07, 6.45) is 4.05. The highest BCUT2D eigenvalue weighted by molar-refractivity contribution is 5.94. The summed E-state index contributed by atoms with van der Waals surface area (Å²) in [4.78, 5) is 23.2. The third kappa shape index (κ3) is 3.32. The fourth-order valence-electron chi connectivity index (χ4n) is 2.11. The lowest BCUT2D eigenvalue weighted by atomic mass is 10.1. The lowest BCUT2D eigenvalue weighted by molar-refractivity contribution is -0.127. The van der Waals surface area contributed by atoms with Gasteiger partial charge in [0.25, 0.3) is 0 Å². The normalized spacial score (nSPS) is 15.6. The van der Waals surface area contributed by atoms with Crippen LogP contribution in [0.25, 0.3) is 0 Å². The molecule has 1 fully saturated rings. The van der Waals surface area contributed by atoms with Gasteiger partial charge in [0.1, 0.15) is 5.76 Å². The van der Waals surface area contributed by atoms with Crippen molar-refractivity contribution in [3.05, 3.63) is 11.8 Å². The van der Waals surface area contributed by atoms with E-state index in [4.69, 9.17) is 4.52 Å². The van der Waals surface area contributed by atoms with E-state index in [1.165, 1.54) is 0 Å². The number of aryl methyl sites for hydroxylation is 1. The average molecular weight is 251 g/mol. The lowest BCUT2D eigenvalue weighted by Gasteiger charge is -2.09. The average Bonchev–Trinajstić information content (AvgIpc) is 2.97. The standard InChI is InChI=1S/C12H17N3O3/c1-8-6-10(15-18-8)14-11(16)7-13-12(17)9-4-2-3-5-9/h6,9H,2-5,7H2,1H3,(H,13,17)(H,14,15,16). The van der Waals surface area contributed by atoms with Crippen LogP contribution in [0.15, 0.2) is 10.6 Å². The van der Waals surface area contributed by atoms with Gasteiger partial charge in [-0.1, -0.05) is 18.0 Å². The SMILES string of the molecule is Cc1cc(NC(=O)CNC(=O)C2CCCC2)no1. The molecule has 2 N–H and O–H groups in total. The first kappa shape index (κ1) is 12.6. The van der Waals surface area contributed by atoms with Gasteiger partial charge in [-0.15, -0.1) is 0 Å². The predicted molar refractivity (Wildman–Crippen MR) is 64.8 cm³/mol. The molecule has 6 heteroatoms. The van der Waals surface area contributed by atoms with Crippen molar-refractivity contribution in [1.82, 2.24) is 10.5 Å². The van der Waals surface area contributed by atoms with Crippen LogP contribution in [0.3, 0.4) is 0 Å². The maximum absolute atomic E-state index is 11.7. The van der Waals surface area contributed by atoms with Gasteiger partial charge in [0.15, 0.2) is 5.82 Å². The maximum Gasteiger partial charge on any atom is 0.245 e. The second-order valence-electron chi connectivity index (χ2n) is 4.57. The summed E-state index contributed by atoms with van der Waals surface area (Å²) >= 11 is 0. The van der Waals surface area contributed by atoms with Crippen LogP contribution in [0.5, 0.6) is 0 Å². The van der Waals surface area contributed by atoms with Gasteiger partial charge in [0, 0.05) is 12.0 Å². The number of hydrogen-bond donors (Lipinski definition) is 2. The van der Waals surface area contributed by atoms with E-state index < -0.39 is 0 Å². The molecule has 1 aliphatic rings. The van der Waals surface area contributed by atoms with Crippen molar-refractivity contribution in [3.8, 4) is 0 Å². The fraction of sp³-hybridized carbons (Fsp3) is 0.583. The van der Waals surface area contributed by atoms with E-state index >= 15 is 0 Å². The van der Waals surface area contributed by atoms with Crippen LogP contribution < -0.4 is 10.6 Å². The van der Waals surface area contributed by atoms with Crippen LogP contribution in [-0.4, -0.2) is 23.5 Å². The number of carbonyl (C=O) groups is 2. The Morgan fingerprint density at radius 3 is 2.78 bits per heavy atom. The number of aromatic nitrogens is 1. The minimum absolute atomic E-state index is 0.0265. The largest absolute Gasteiger partial charge is 0.360 e. The molecule has 2 amide bonds. The highest BCUT2D eigenvalue weighted by atomic mass is 16.5. The Balaban J connectivity index is 1.72. The number of nitrogens with zero attached hydrogens (tertiary/aromatic N) is 1. The van der Waals surface area contributed by atoms with E-state index in [0.717, 1.165) is 25.7 Å². The highest BCUT2D eigenvalue weighted by Crippen LogP contribution is 2.24. The van der Waals surface area contributed by atoms with Gasteiger partial charge in [-0.05, 0) is 19.8 Å². The van der Waals surface area contributed by atoms with E-state index in [2.05, 4.69) is 15.8 Å². The molecule has 1 saturated carbocycles. The zero-order valence-corrected chi connectivity index (χ0v) is 10.4. The van der Waals surface area contributed by atoms with Crippen molar-refractivity contribution >= 4 is 17.6 Å². The number of anilines is 1. The van der Waals surface area contributed by atoms with Gasteiger partial charge < -0.3 is 15.2 Å². The van der Waals surface area contributed by atoms with E-state index in [0.29, 0.717) is 11.6 Å². The molecule has 18 heavy (non-hydrogen) atoms. The van der Waals surface area contributed by atoms with Crippen molar-refractivity contribution in [2.75, 3.05) is 11.9 Å². The van der Waals surface area contributed by atoms with Crippen LogP contribution in [0.2, 0.25) is 0 Å². The van der Waals surface area contributed by atoms with E-state index in [-0.39, 0.29) is 24.3 Å². The lowest BCUT2D eigenvalue weighted by Crippen LogP contribution is -2.36. The first-order valence-electron chi connectivity index (χ1n) is 6.16. The number of amides is 2. The minimum Gasteiger partial charge on any atom is -0.360 e. The molecule has 0 atom stereocenters. The molecule has 1 aromatic rings. The first-order chi connectivity index (χ1) is 8.65. The zero-order valence-electron chi connectivity index (χ0n) is 10.4. The Labute approximate surface area is 105 Å².